The number of hydrogen-bond donors (Lipinski definition) is 0. The molecule has 0 saturated carbocycles. The summed E-state index contributed by atoms with van der Waals surface area (Å²) in [7, 11) is 0. The van der Waals surface area contributed by atoms with Crippen molar-refractivity contribution in [3.63, 3.8) is 0 Å². The van der Waals surface area contributed by atoms with Crippen LogP contribution in [0.1, 0.15) is 0 Å². The van der Waals surface area contributed by atoms with E-state index in [1.54, 1.807) is 0 Å². The quantitative estimate of drug-likeness (QED) is 0.392. The first-order chi connectivity index (χ1) is 0. The fourth-order valence-corrected chi connectivity index (χ4v) is 0. The molecular formula is H3NiO3. The fraction of sp³-hybridized carbons (Fsp3) is 0. The Balaban J connectivity index is 0. The van der Waals surface area contributed by atoms with Crippen molar-refractivity contribution in [1.29, 1.82) is 0 Å². The zero-order chi connectivity index (χ0) is 0. The SMILES string of the molecule is [Ni+3].[OH-].[OH-].[OH-]. The van der Waals surface area contributed by atoms with Crippen molar-refractivity contribution in [1.82, 2.24) is 0 Å². The normalized spacial score (nSPS) is 0. The van der Waals surface area contributed by atoms with Crippen LogP contribution in [0.15, 0.2) is 0 Å². The second kappa shape index (κ2) is 136. The summed E-state index contributed by atoms with van der Waals surface area (Å²) in [6.07, 6.45) is 0. The van der Waals surface area contributed by atoms with E-state index in [0.29, 0.717) is 0 Å². The van der Waals surface area contributed by atoms with Crippen molar-refractivity contribution in [3.8, 4) is 0 Å². The first-order valence-electron chi connectivity index (χ1n) is 0. The summed E-state index contributed by atoms with van der Waals surface area (Å²) >= 11 is 0. The van der Waals surface area contributed by atoms with Gasteiger partial charge in [-0.1, -0.05) is 0 Å². The van der Waals surface area contributed by atoms with Gasteiger partial charge in [0.2, 0.25) is 0 Å². The van der Waals surface area contributed by atoms with E-state index < -0.39 is 0 Å². The van der Waals surface area contributed by atoms with Crippen LogP contribution in [-0.4, -0.2) is 16.4 Å². The van der Waals surface area contributed by atoms with Crippen LogP contribution in [0, 0.1) is 0 Å². The summed E-state index contributed by atoms with van der Waals surface area (Å²) in [5.41, 5.74) is 0. The largest absolute Gasteiger partial charge is 3.00 e. The van der Waals surface area contributed by atoms with Crippen molar-refractivity contribution < 1.29 is 32.9 Å². The van der Waals surface area contributed by atoms with Crippen LogP contribution in [0.4, 0.5) is 0 Å². The van der Waals surface area contributed by atoms with Crippen LogP contribution in [0.3, 0.4) is 0 Å². The van der Waals surface area contributed by atoms with E-state index >= 15 is 0 Å². The third-order valence-electron chi connectivity index (χ3n) is 0. The van der Waals surface area contributed by atoms with Gasteiger partial charge in [-0.3, -0.25) is 0 Å². The molecule has 3 nitrogen and oxygen atoms in total. The minimum absolute atomic E-state index is 0. The maximum Gasteiger partial charge on any atom is 3.00 e. The third kappa shape index (κ3) is 32.1. The molecule has 1 radical (unpaired) electrons. The van der Waals surface area contributed by atoms with E-state index in [-0.39, 0.29) is 32.9 Å². The maximum atomic E-state index is 0. The second-order valence-electron chi connectivity index (χ2n) is 0. The minimum Gasteiger partial charge on any atom is -0.870 e. The zero-order valence-corrected chi connectivity index (χ0v) is 2.65. The smallest absolute Gasteiger partial charge is 0.870 e. The molecule has 0 amide bonds. The van der Waals surface area contributed by atoms with Gasteiger partial charge < -0.3 is 16.4 Å². The summed E-state index contributed by atoms with van der Waals surface area (Å²) in [5.74, 6) is 0. The molecule has 0 aliphatic rings. The third-order valence-corrected chi connectivity index (χ3v) is 0. The van der Waals surface area contributed by atoms with E-state index in [2.05, 4.69) is 0 Å². The van der Waals surface area contributed by atoms with Crippen LogP contribution in [0.25, 0.3) is 0 Å². The van der Waals surface area contributed by atoms with Gasteiger partial charge in [-0.05, 0) is 0 Å². The molecule has 4 heavy (non-hydrogen) atoms. The van der Waals surface area contributed by atoms with Gasteiger partial charge in [0.1, 0.15) is 0 Å². The monoisotopic (exact) mass is 109 g/mol. The van der Waals surface area contributed by atoms with E-state index in [9.17, 15) is 0 Å². The van der Waals surface area contributed by atoms with Crippen molar-refractivity contribution in [2.75, 3.05) is 0 Å². The molecule has 0 atom stereocenters. The summed E-state index contributed by atoms with van der Waals surface area (Å²) in [5, 5.41) is 0. The molecule has 3 N–H and O–H groups in total. The molecule has 0 aliphatic carbocycles. The number of hydrogen-bond acceptors (Lipinski definition) is 3. The molecule has 0 rings (SSSR count). The molecule has 0 bridgehead atoms. The van der Waals surface area contributed by atoms with Gasteiger partial charge in [-0.15, -0.1) is 0 Å². The van der Waals surface area contributed by atoms with Gasteiger partial charge in [0, 0.05) is 0 Å². The van der Waals surface area contributed by atoms with Crippen LogP contribution in [-0.2, 0) is 16.5 Å². The average molecular weight is 110 g/mol. The summed E-state index contributed by atoms with van der Waals surface area (Å²) < 4.78 is 0. The molecule has 4 heteroatoms. The molecule has 0 aromatic carbocycles. The second-order valence-corrected chi connectivity index (χ2v) is 0. The average Bonchev–Trinajstić information content (AvgIpc) is 0. The fourth-order valence-electron chi connectivity index (χ4n) is 0. The van der Waals surface area contributed by atoms with Crippen molar-refractivity contribution in [2.45, 2.75) is 0 Å². The standard InChI is InChI=1S/Ni.3H2O/h;3*1H2/q+3;;;/p-3. The molecule has 0 aromatic heterocycles. The Bertz CT molecular complexity index is 3.25. The maximum absolute atomic E-state index is 0. The van der Waals surface area contributed by atoms with Crippen LogP contribution >= 0.6 is 0 Å². The Morgan fingerprint density at radius 3 is 0.500 bits per heavy atom. The zero-order valence-electron chi connectivity index (χ0n) is 1.66. The Morgan fingerprint density at radius 2 is 0.500 bits per heavy atom. The predicted octanol–water partition coefficient (Wildman–Crippen LogP) is -0.533. The Labute approximate surface area is 33.9 Å². The van der Waals surface area contributed by atoms with E-state index in [4.69, 9.17) is 0 Å². The first-order valence-corrected chi connectivity index (χ1v) is 0. The molecule has 0 aliphatic heterocycles. The van der Waals surface area contributed by atoms with Crippen LogP contribution < -0.4 is 0 Å². The molecule has 31 valence electrons. The van der Waals surface area contributed by atoms with Crippen molar-refractivity contribution in [2.24, 2.45) is 0 Å². The predicted molar refractivity (Wildman–Crippen MR) is 5.81 cm³/mol. The van der Waals surface area contributed by atoms with E-state index in [0.717, 1.165) is 0 Å². The van der Waals surface area contributed by atoms with Crippen molar-refractivity contribution in [3.05, 3.63) is 0 Å². The van der Waals surface area contributed by atoms with E-state index in [1.807, 2.05) is 0 Å². The molecule has 0 spiro atoms. The van der Waals surface area contributed by atoms with Gasteiger partial charge in [-0.25, -0.2) is 0 Å². The molecule has 0 heterocycles. The summed E-state index contributed by atoms with van der Waals surface area (Å²) in [6.45, 7) is 0. The summed E-state index contributed by atoms with van der Waals surface area (Å²) in [4.78, 5) is 0. The van der Waals surface area contributed by atoms with Crippen molar-refractivity contribution >= 4 is 0 Å². The Hall–Kier alpha value is 0.374. The van der Waals surface area contributed by atoms with Gasteiger partial charge in [0.15, 0.2) is 0 Å². The topological polar surface area (TPSA) is 90.0 Å². The molecule has 0 fully saturated rings. The Morgan fingerprint density at radius 1 is 0.500 bits per heavy atom. The van der Waals surface area contributed by atoms with Crippen LogP contribution in [0.5, 0.6) is 0 Å². The van der Waals surface area contributed by atoms with E-state index in [1.165, 1.54) is 0 Å². The van der Waals surface area contributed by atoms with Crippen LogP contribution in [0.2, 0.25) is 0 Å². The first kappa shape index (κ1) is 357. The van der Waals surface area contributed by atoms with Gasteiger partial charge in [-0.2, -0.15) is 0 Å². The molecule has 0 aromatic rings. The Kier molecular flexibility index (Phi) is 12200. The van der Waals surface area contributed by atoms with Gasteiger partial charge in [0.25, 0.3) is 0 Å². The minimum atomic E-state index is 0. The van der Waals surface area contributed by atoms with Gasteiger partial charge in [0.05, 0.1) is 0 Å². The molecule has 0 unspecified atom stereocenters. The molecular weight excluding hydrogens is 107 g/mol. The summed E-state index contributed by atoms with van der Waals surface area (Å²) in [6, 6.07) is 0. The van der Waals surface area contributed by atoms with Gasteiger partial charge >= 0.3 is 16.5 Å². The number of rotatable bonds is 0. The molecule has 0 saturated heterocycles.